The number of nitrogens with one attached hydrogen (secondary N) is 1. The number of hydrogen-bond donors (Lipinski definition) is 1. The molecular formula is C22H27N5O2S. The van der Waals surface area contributed by atoms with Crippen molar-refractivity contribution in [2.45, 2.75) is 57.7 Å². The lowest BCUT2D eigenvalue weighted by atomic mass is 9.85. The predicted octanol–water partition coefficient (Wildman–Crippen LogP) is 5.03. The minimum absolute atomic E-state index is 0.142. The van der Waals surface area contributed by atoms with Gasteiger partial charge in [0.2, 0.25) is 5.91 Å². The van der Waals surface area contributed by atoms with Crippen LogP contribution in [0.15, 0.2) is 40.0 Å². The Morgan fingerprint density at radius 1 is 1.23 bits per heavy atom. The third-order valence-corrected chi connectivity index (χ3v) is 6.51. The van der Waals surface area contributed by atoms with E-state index in [1.54, 1.807) is 13.0 Å². The smallest absolute Gasteiger partial charge is 0.236 e. The first-order chi connectivity index (χ1) is 14.5. The molecule has 158 valence electrons. The number of hydrogen-bond acceptors (Lipinski definition) is 6. The summed E-state index contributed by atoms with van der Waals surface area (Å²) in [4.78, 5) is 12.4. The second-order valence-electron chi connectivity index (χ2n) is 8.03. The zero-order valence-corrected chi connectivity index (χ0v) is 18.4. The van der Waals surface area contributed by atoms with E-state index in [0.717, 1.165) is 23.0 Å². The molecule has 1 aromatic carbocycles. The molecule has 0 aliphatic heterocycles. The van der Waals surface area contributed by atoms with E-state index in [-0.39, 0.29) is 11.7 Å². The lowest BCUT2D eigenvalue weighted by Crippen LogP contribution is -2.23. The van der Waals surface area contributed by atoms with Crippen molar-refractivity contribution < 1.29 is 9.32 Å². The van der Waals surface area contributed by atoms with Crippen LogP contribution in [0.3, 0.4) is 0 Å². The summed E-state index contributed by atoms with van der Waals surface area (Å²) >= 11 is 1.42. The van der Waals surface area contributed by atoms with E-state index in [0.29, 0.717) is 23.5 Å². The molecule has 8 heteroatoms. The molecule has 0 bridgehead atoms. The van der Waals surface area contributed by atoms with Gasteiger partial charge in [-0.15, -0.1) is 10.2 Å². The van der Waals surface area contributed by atoms with Crippen LogP contribution in [0.25, 0.3) is 11.4 Å². The lowest BCUT2D eigenvalue weighted by molar-refractivity contribution is -0.113. The highest BCUT2D eigenvalue weighted by molar-refractivity contribution is 7.99. The van der Waals surface area contributed by atoms with E-state index in [1.807, 2.05) is 6.07 Å². The molecule has 2 atom stereocenters. The second kappa shape index (κ2) is 9.04. The lowest BCUT2D eigenvalue weighted by Gasteiger charge is -2.31. The summed E-state index contributed by atoms with van der Waals surface area (Å²) in [6.45, 7) is 6.18. The zero-order valence-electron chi connectivity index (χ0n) is 17.6. The Morgan fingerprint density at radius 3 is 2.80 bits per heavy atom. The minimum atomic E-state index is -0.142. The molecule has 1 N–H and O–H groups in total. The summed E-state index contributed by atoms with van der Waals surface area (Å²) in [7, 11) is 0. The van der Waals surface area contributed by atoms with Crippen LogP contribution < -0.4 is 5.32 Å². The summed E-state index contributed by atoms with van der Waals surface area (Å²) in [5, 5.41) is 16.4. The first-order valence-corrected chi connectivity index (χ1v) is 11.4. The van der Waals surface area contributed by atoms with Crippen LogP contribution in [0.5, 0.6) is 0 Å². The van der Waals surface area contributed by atoms with Crippen molar-refractivity contribution in [3.8, 4) is 11.4 Å². The molecule has 0 spiro atoms. The molecule has 30 heavy (non-hydrogen) atoms. The average Bonchev–Trinajstić information content (AvgIpc) is 3.33. The van der Waals surface area contributed by atoms with Crippen LogP contribution in [0, 0.1) is 19.8 Å². The Labute approximate surface area is 180 Å². The number of thioether (sulfide) groups is 1. The highest BCUT2D eigenvalue weighted by atomic mass is 32.2. The van der Waals surface area contributed by atoms with E-state index in [2.05, 4.69) is 57.3 Å². The van der Waals surface area contributed by atoms with Crippen molar-refractivity contribution in [2.75, 3.05) is 11.1 Å². The zero-order chi connectivity index (χ0) is 21.1. The SMILES string of the molecule is Cc1cccc(-c2nnc(SCC(=O)Nc3cc(C)on3)n2[C@H]2CCCC[C@@H]2C)c1. The Bertz CT molecular complexity index is 1030. The summed E-state index contributed by atoms with van der Waals surface area (Å²) in [5.41, 5.74) is 2.25. The number of anilines is 1. The summed E-state index contributed by atoms with van der Waals surface area (Å²) in [5.74, 6) is 2.61. The number of nitrogens with zero attached hydrogens (tertiary/aromatic N) is 4. The fourth-order valence-corrected chi connectivity index (χ4v) is 4.86. The van der Waals surface area contributed by atoms with Crippen molar-refractivity contribution in [1.29, 1.82) is 0 Å². The third kappa shape index (κ3) is 4.59. The quantitative estimate of drug-likeness (QED) is 0.557. The molecule has 7 nitrogen and oxygen atoms in total. The fourth-order valence-electron chi connectivity index (χ4n) is 4.07. The van der Waals surface area contributed by atoms with Crippen molar-refractivity contribution in [3.63, 3.8) is 0 Å². The Balaban J connectivity index is 1.58. The van der Waals surface area contributed by atoms with Crippen LogP contribution in [-0.2, 0) is 4.79 Å². The van der Waals surface area contributed by atoms with Gasteiger partial charge < -0.3 is 9.84 Å². The van der Waals surface area contributed by atoms with Gasteiger partial charge >= 0.3 is 0 Å². The van der Waals surface area contributed by atoms with Crippen LogP contribution in [0.2, 0.25) is 0 Å². The molecule has 2 heterocycles. The van der Waals surface area contributed by atoms with Crippen molar-refractivity contribution in [2.24, 2.45) is 5.92 Å². The van der Waals surface area contributed by atoms with Crippen LogP contribution in [0.1, 0.15) is 50.0 Å². The molecule has 0 radical (unpaired) electrons. The largest absolute Gasteiger partial charge is 0.360 e. The summed E-state index contributed by atoms with van der Waals surface area (Å²) in [6, 6.07) is 10.4. The maximum Gasteiger partial charge on any atom is 0.236 e. The molecule has 2 aromatic heterocycles. The average molecular weight is 426 g/mol. The van der Waals surface area contributed by atoms with Gasteiger partial charge in [-0.2, -0.15) is 0 Å². The van der Waals surface area contributed by atoms with Gasteiger partial charge in [0.15, 0.2) is 16.8 Å². The first kappa shape index (κ1) is 20.7. The van der Waals surface area contributed by atoms with E-state index in [1.165, 1.54) is 36.6 Å². The standard InChI is InChI=1S/C22H27N5O2S/c1-14-7-6-9-17(11-14)21-24-25-22(27(21)18-10-5-4-8-15(18)2)30-13-20(28)23-19-12-16(3)29-26-19/h6-7,9,11-12,15,18H,4-5,8,10,13H2,1-3H3,(H,23,26,28)/t15-,18-/m0/s1. The highest BCUT2D eigenvalue weighted by Crippen LogP contribution is 2.39. The monoisotopic (exact) mass is 425 g/mol. The van der Waals surface area contributed by atoms with Gasteiger partial charge in [-0.3, -0.25) is 9.36 Å². The molecule has 1 fully saturated rings. The van der Waals surface area contributed by atoms with Gasteiger partial charge in [-0.05, 0) is 38.7 Å². The molecular weight excluding hydrogens is 398 g/mol. The van der Waals surface area contributed by atoms with Gasteiger partial charge in [0.25, 0.3) is 0 Å². The second-order valence-corrected chi connectivity index (χ2v) is 8.98. The van der Waals surface area contributed by atoms with E-state index >= 15 is 0 Å². The molecule has 1 saturated carbocycles. The summed E-state index contributed by atoms with van der Waals surface area (Å²) < 4.78 is 7.26. The molecule has 1 amide bonds. The number of aromatic nitrogens is 4. The summed E-state index contributed by atoms with van der Waals surface area (Å²) in [6.07, 6.45) is 4.78. The molecule has 3 aromatic rings. The van der Waals surface area contributed by atoms with Gasteiger partial charge in [-0.1, -0.05) is 60.4 Å². The normalized spacial score (nSPS) is 19.0. The van der Waals surface area contributed by atoms with Crippen molar-refractivity contribution >= 4 is 23.5 Å². The van der Waals surface area contributed by atoms with Gasteiger partial charge in [0.05, 0.1) is 5.75 Å². The minimum Gasteiger partial charge on any atom is -0.360 e. The maximum absolute atomic E-state index is 12.4. The van der Waals surface area contributed by atoms with Crippen LogP contribution >= 0.6 is 11.8 Å². The number of benzene rings is 1. The first-order valence-electron chi connectivity index (χ1n) is 10.4. The van der Waals surface area contributed by atoms with E-state index in [4.69, 9.17) is 4.52 Å². The van der Waals surface area contributed by atoms with Gasteiger partial charge in [0.1, 0.15) is 5.76 Å². The van der Waals surface area contributed by atoms with Crippen LogP contribution in [-0.4, -0.2) is 31.6 Å². The van der Waals surface area contributed by atoms with Gasteiger partial charge in [-0.25, -0.2) is 0 Å². The van der Waals surface area contributed by atoms with Crippen LogP contribution in [0.4, 0.5) is 5.82 Å². The number of rotatable bonds is 6. The van der Waals surface area contributed by atoms with Crippen molar-refractivity contribution in [3.05, 3.63) is 41.7 Å². The maximum atomic E-state index is 12.4. The predicted molar refractivity (Wildman–Crippen MR) is 117 cm³/mol. The number of amides is 1. The molecule has 0 unspecified atom stereocenters. The highest BCUT2D eigenvalue weighted by Gasteiger charge is 2.29. The van der Waals surface area contributed by atoms with Crippen molar-refractivity contribution in [1.82, 2.24) is 19.9 Å². The number of aryl methyl sites for hydroxylation is 2. The molecule has 4 rings (SSSR count). The molecule has 0 saturated heterocycles. The number of carbonyl (C=O) groups excluding carboxylic acids is 1. The Kier molecular flexibility index (Phi) is 6.22. The third-order valence-electron chi connectivity index (χ3n) is 5.57. The molecule has 1 aliphatic rings. The van der Waals surface area contributed by atoms with E-state index in [9.17, 15) is 4.79 Å². The van der Waals surface area contributed by atoms with Gasteiger partial charge in [0, 0.05) is 17.7 Å². The number of carbonyl (C=O) groups is 1. The molecule has 1 aliphatic carbocycles. The topological polar surface area (TPSA) is 85.8 Å². The Hall–Kier alpha value is -2.61. The fraction of sp³-hybridized carbons (Fsp3) is 0.455. The van der Waals surface area contributed by atoms with E-state index < -0.39 is 0 Å². The Morgan fingerprint density at radius 2 is 2.07 bits per heavy atom.